The van der Waals surface area contributed by atoms with Crippen LogP contribution in [0.25, 0.3) is 0 Å². The minimum absolute atomic E-state index is 0.0457. The molecule has 5 heteroatoms. The standard InChI is InChI=1S/C13H21N3O2/c1-2-18-12-8-9-14-13(16-12)15-10-6-4-3-5-7-11(10)17/h8-11,17H,2-7H2,1H3,(H,14,15,16). The van der Waals surface area contributed by atoms with Gasteiger partial charge in [0.25, 0.3) is 0 Å². The highest BCUT2D eigenvalue weighted by Crippen LogP contribution is 2.21. The SMILES string of the molecule is CCOc1ccnc(NC2CCCCCC2O)n1. The molecule has 1 aromatic heterocycles. The van der Waals surface area contributed by atoms with Crippen LogP contribution in [0.3, 0.4) is 0 Å². The van der Waals surface area contributed by atoms with Gasteiger partial charge in [0.1, 0.15) is 0 Å². The van der Waals surface area contributed by atoms with E-state index in [1.54, 1.807) is 12.3 Å². The lowest BCUT2D eigenvalue weighted by atomic mass is 10.1. The highest BCUT2D eigenvalue weighted by molar-refractivity contribution is 5.29. The zero-order chi connectivity index (χ0) is 12.8. The molecule has 0 aromatic carbocycles. The molecule has 2 rings (SSSR count). The summed E-state index contributed by atoms with van der Waals surface area (Å²) < 4.78 is 5.33. The summed E-state index contributed by atoms with van der Waals surface area (Å²) in [5, 5.41) is 13.3. The van der Waals surface area contributed by atoms with Crippen molar-refractivity contribution < 1.29 is 9.84 Å². The summed E-state index contributed by atoms with van der Waals surface area (Å²) in [5.41, 5.74) is 0. The minimum Gasteiger partial charge on any atom is -0.478 e. The van der Waals surface area contributed by atoms with Crippen LogP contribution in [-0.2, 0) is 0 Å². The molecule has 1 aromatic rings. The van der Waals surface area contributed by atoms with Gasteiger partial charge in [-0.05, 0) is 19.8 Å². The number of rotatable bonds is 4. The molecule has 2 atom stereocenters. The first-order valence-corrected chi connectivity index (χ1v) is 6.70. The molecule has 1 saturated carbocycles. The quantitative estimate of drug-likeness (QED) is 0.801. The van der Waals surface area contributed by atoms with E-state index in [0.717, 1.165) is 25.7 Å². The number of aliphatic hydroxyl groups is 1. The molecule has 0 amide bonds. The van der Waals surface area contributed by atoms with E-state index in [1.807, 2.05) is 6.92 Å². The fraction of sp³-hybridized carbons (Fsp3) is 0.692. The van der Waals surface area contributed by atoms with E-state index in [2.05, 4.69) is 15.3 Å². The van der Waals surface area contributed by atoms with E-state index in [9.17, 15) is 5.11 Å². The van der Waals surface area contributed by atoms with Crippen LogP contribution < -0.4 is 10.1 Å². The topological polar surface area (TPSA) is 67.3 Å². The number of nitrogens with zero attached hydrogens (tertiary/aromatic N) is 2. The fourth-order valence-corrected chi connectivity index (χ4v) is 2.26. The van der Waals surface area contributed by atoms with Crippen LogP contribution in [0.15, 0.2) is 12.3 Å². The second-order valence-electron chi connectivity index (χ2n) is 4.61. The Balaban J connectivity index is 2.00. The van der Waals surface area contributed by atoms with Gasteiger partial charge in [-0.1, -0.05) is 19.3 Å². The van der Waals surface area contributed by atoms with E-state index in [0.29, 0.717) is 18.4 Å². The largest absolute Gasteiger partial charge is 0.478 e. The molecule has 0 bridgehead atoms. The van der Waals surface area contributed by atoms with Gasteiger partial charge in [0.15, 0.2) is 0 Å². The van der Waals surface area contributed by atoms with Crippen molar-refractivity contribution in [3.63, 3.8) is 0 Å². The second kappa shape index (κ2) is 6.54. The molecule has 1 aliphatic carbocycles. The lowest BCUT2D eigenvalue weighted by molar-refractivity contribution is 0.144. The Bertz CT molecular complexity index is 373. The number of ether oxygens (including phenoxy) is 1. The number of anilines is 1. The molecule has 1 heterocycles. The van der Waals surface area contributed by atoms with Crippen molar-refractivity contribution in [1.82, 2.24) is 9.97 Å². The van der Waals surface area contributed by atoms with E-state index < -0.39 is 0 Å². The van der Waals surface area contributed by atoms with Crippen LogP contribution in [0.2, 0.25) is 0 Å². The van der Waals surface area contributed by atoms with Crippen molar-refractivity contribution in [2.75, 3.05) is 11.9 Å². The molecule has 0 spiro atoms. The summed E-state index contributed by atoms with van der Waals surface area (Å²) in [5.74, 6) is 1.10. The maximum absolute atomic E-state index is 10.0. The molecular formula is C13H21N3O2. The van der Waals surface area contributed by atoms with Gasteiger partial charge in [0, 0.05) is 12.3 Å². The molecule has 0 saturated heterocycles. The minimum atomic E-state index is -0.313. The van der Waals surface area contributed by atoms with Crippen LogP contribution in [0.4, 0.5) is 5.95 Å². The van der Waals surface area contributed by atoms with Gasteiger partial charge in [-0.3, -0.25) is 0 Å². The van der Waals surface area contributed by atoms with Crippen LogP contribution in [-0.4, -0.2) is 33.8 Å². The summed E-state index contributed by atoms with van der Waals surface area (Å²) in [4.78, 5) is 8.43. The predicted molar refractivity (Wildman–Crippen MR) is 69.7 cm³/mol. The molecular weight excluding hydrogens is 230 g/mol. The molecule has 0 radical (unpaired) electrons. The Morgan fingerprint density at radius 2 is 2.22 bits per heavy atom. The second-order valence-corrected chi connectivity index (χ2v) is 4.61. The van der Waals surface area contributed by atoms with Crippen molar-refractivity contribution in [3.05, 3.63) is 12.3 Å². The molecule has 2 unspecified atom stereocenters. The number of hydrogen-bond acceptors (Lipinski definition) is 5. The molecule has 0 aliphatic heterocycles. The Labute approximate surface area is 108 Å². The third-order valence-corrected chi connectivity index (χ3v) is 3.22. The van der Waals surface area contributed by atoms with Crippen LogP contribution in [0.1, 0.15) is 39.0 Å². The molecule has 5 nitrogen and oxygen atoms in total. The third kappa shape index (κ3) is 3.57. The van der Waals surface area contributed by atoms with Crippen molar-refractivity contribution in [1.29, 1.82) is 0 Å². The lowest BCUT2D eigenvalue weighted by Gasteiger charge is -2.21. The smallest absolute Gasteiger partial charge is 0.226 e. The molecule has 2 N–H and O–H groups in total. The first kappa shape index (κ1) is 13.1. The normalized spacial score (nSPS) is 24.3. The Kier molecular flexibility index (Phi) is 4.75. The van der Waals surface area contributed by atoms with Crippen molar-refractivity contribution in [3.8, 4) is 5.88 Å². The van der Waals surface area contributed by atoms with Crippen LogP contribution in [0, 0.1) is 0 Å². The monoisotopic (exact) mass is 251 g/mol. The Morgan fingerprint density at radius 3 is 3.06 bits per heavy atom. The van der Waals surface area contributed by atoms with E-state index in [-0.39, 0.29) is 12.1 Å². The number of nitrogens with one attached hydrogen (secondary N) is 1. The summed E-state index contributed by atoms with van der Waals surface area (Å²) in [6.07, 6.45) is 6.59. The zero-order valence-electron chi connectivity index (χ0n) is 10.8. The van der Waals surface area contributed by atoms with Crippen molar-refractivity contribution in [2.45, 2.75) is 51.2 Å². The first-order valence-electron chi connectivity index (χ1n) is 6.70. The number of aromatic nitrogens is 2. The maximum atomic E-state index is 10.0. The molecule has 1 aliphatic rings. The van der Waals surface area contributed by atoms with Gasteiger partial charge in [-0.15, -0.1) is 0 Å². The zero-order valence-corrected chi connectivity index (χ0v) is 10.8. The third-order valence-electron chi connectivity index (χ3n) is 3.22. The number of hydrogen-bond donors (Lipinski definition) is 2. The molecule has 1 fully saturated rings. The van der Waals surface area contributed by atoms with E-state index >= 15 is 0 Å². The van der Waals surface area contributed by atoms with Gasteiger partial charge in [0.2, 0.25) is 11.8 Å². The van der Waals surface area contributed by atoms with Gasteiger partial charge >= 0.3 is 0 Å². The Hall–Kier alpha value is -1.36. The van der Waals surface area contributed by atoms with E-state index in [4.69, 9.17) is 4.74 Å². The van der Waals surface area contributed by atoms with Crippen LogP contribution in [0.5, 0.6) is 5.88 Å². The van der Waals surface area contributed by atoms with Crippen molar-refractivity contribution >= 4 is 5.95 Å². The average Bonchev–Trinajstić information content (AvgIpc) is 2.56. The maximum Gasteiger partial charge on any atom is 0.226 e. The first-order chi connectivity index (χ1) is 8.79. The summed E-state index contributed by atoms with van der Waals surface area (Å²) in [6, 6.07) is 1.78. The van der Waals surface area contributed by atoms with Gasteiger partial charge in [-0.25, -0.2) is 4.98 Å². The summed E-state index contributed by atoms with van der Waals surface area (Å²) in [6.45, 7) is 2.51. The number of aliphatic hydroxyl groups excluding tert-OH is 1. The van der Waals surface area contributed by atoms with E-state index in [1.165, 1.54) is 6.42 Å². The lowest BCUT2D eigenvalue weighted by Crippen LogP contribution is -2.33. The van der Waals surface area contributed by atoms with Gasteiger partial charge < -0.3 is 15.2 Å². The highest BCUT2D eigenvalue weighted by atomic mass is 16.5. The molecule has 100 valence electrons. The summed E-state index contributed by atoms with van der Waals surface area (Å²) in [7, 11) is 0. The predicted octanol–water partition coefficient (Wildman–Crippen LogP) is 1.98. The average molecular weight is 251 g/mol. The highest BCUT2D eigenvalue weighted by Gasteiger charge is 2.22. The fourth-order valence-electron chi connectivity index (χ4n) is 2.26. The van der Waals surface area contributed by atoms with Crippen molar-refractivity contribution in [2.24, 2.45) is 0 Å². The van der Waals surface area contributed by atoms with Gasteiger partial charge in [0.05, 0.1) is 18.8 Å². The summed E-state index contributed by atoms with van der Waals surface area (Å²) >= 11 is 0. The Morgan fingerprint density at radius 1 is 1.39 bits per heavy atom. The molecule has 18 heavy (non-hydrogen) atoms. The van der Waals surface area contributed by atoms with Gasteiger partial charge in [-0.2, -0.15) is 4.98 Å². The van der Waals surface area contributed by atoms with Crippen LogP contribution >= 0.6 is 0 Å².